The normalized spacial score (nSPS) is 21.5. The number of carbonyl (C=O) groups is 1. The van der Waals surface area contributed by atoms with E-state index in [9.17, 15) is 4.79 Å². The predicted octanol–water partition coefficient (Wildman–Crippen LogP) is 3.14. The van der Waals surface area contributed by atoms with Gasteiger partial charge in [0, 0.05) is 55.0 Å². The fourth-order valence-electron chi connectivity index (χ4n) is 4.38. The van der Waals surface area contributed by atoms with Crippen LogP contribution in [-0.2, 0) is 16.1 Å². The molecule has 1 amide bonds. The van der Waals surface area contributed by atoms with Gasteiger partial charge in [0.1, 0.15) is 0 Å². The second-order valence-corrected chi connectivity index (χ2v) is 8.99. The standard InChI is InChI=1S/C23H28F2N4O/c1-16-13-28(10-9-26-16)14-20(30)29-15-22(2,3)21-19(29)11-18(12-27-21)23(24,25)17-7-5-4-6-8-17/h4-8,11-12,16,26H,9-10,13-15H2,1-3H3/t16-/m1/s1. The van der Waals surface area contributed by atoms with Crippen LogP contribution in [0.4, 0.5) is 14.5 Å². The molecule has 0 unspecified atom stereocenters. The quantitative estimate of drug-likeness (QED) is 0.835. The third kappa shape index (κ3) is 3.84. The Balaban J connectivity index is 1.64. The summed E-state index contributed by atoms with van der Waals surface area (Å²) in [5, 5.41) is 3.36. The van der Waals surface area contributed by atoms with Crippen molar-refractivity contribution in [3.63, 3.8) is 0 Å². The molecule has 0 saturated carbocycles. The van der Waals surface area contributed by atoms with Gasteiger partial charge >= 0.3 is 0 Å². The summed E-state index contributed by atoms with van der Waals surface area (Å²) < 4.78 is 30.3. The zero-order valence-electron chi connectivity index (χ0n) is 17.7. The van der Waals surface area contributed by atoms with E-state index in [0.717, 1.165) is 19.6 Å². The number of halogens is 2. The first-order valence-corrected chi connectivity index (χ1v) is 10.4. The van der Waals surface area contributed by atoms with Crippen molar-refractivity contribution >= 4 is 11.6 Å². The van der Waals surface area contributed by atoms with E-state index in [0.29, 0.717) is 24.0 Å². The molecule has 160 valence electrons. The molecule has 2 aliphatic heterocycles. The lowest BCUT2D eigenvalue weighted by Crippen LogP contribution is -2.52. The van der Waals surface area contributed by atoms with E-state index in [1.807, 2.05) is 13.8 Å². The third-order valence-corrected chi connectivity index (χ3v) is 5.96. The van der Waals surface area contributed by atoms with E-state index in [1.54, 1.807) is 23.1 Å². The number of hydrogen-bond donors (Lipinski definition) is 1. The highest BCUT2D eigenvalue weighted by atomic mass is 19.3. The highest BCUT2D eigenvalue weighted by Gasteiger charge is 2.42. The van der Waals surface area contributed by atoms with E-state index < -0.39 is 5.92 Å². The molecule has 30 heavy (non-hydrogen) atoms. The molecular weight excluding hydrogens is 386 g/mol. The van der Waals surface area contributed by atoms with Crippen LogP contribution in [0.2, 0.25) is 0 Å². The van der Waals surface area contributed by atoms with Crippen molar-refractivity contribution in [1.82, 2.24) is 15.2 Å². The van der Waals surface area contributed by atoms with E-state index >= 15 is 8.78 Å². The number of piperazine rings is 1. The van der Waals surface area contributed by atoms with Gasteiger partial charge in [-0.1, -0.05) is 44.2 Å². The van der Waals surface area contributed by atoms with Crippen LogP contribution < -0.4 is 10.2 Å². The number of nitrogens with zero attached hydrogens (tertiary/aromatic N) is 3. The number of benzene rings is 1. The number of fused-ring (bicyclic) bond motifs is 1. The highest BCUT2D eigenvalue weighted by Crippen LogP contribution is 2.43. The smallest absolute Gasteiger partial charge is 0.300 e. The summed E-state index contributed by atoms with van der Waals surface area (Å²) in [4.78, 5) is 21.3. The molecule has 1 atom stereocenters. The molecule has 4 rings (SSSR count). The molecule has 1 saturated heterocycles. The fourth-order valence-corrected chi connectivity index (χ4v) is 4.38. The van der Waals surface area contributed by atoms with Crippen molar-refractivity contribution in [3.05, 3.63) is 59.4 Å². The van der Waals surface area contributed by atoms with Gasteiger partial charge < -0.3 is 10.2 Å². The van der Waals surface area contributed by atoms with Crippen molar-refractivity contribution in [2.45, 2.75) is 38.2 Å². The largest absolute Gasteiger partial charge is 0.312 e. The number of pyridine rings is 1. The maximum atomic E-state index is 15.1. The number of hydrogen-bond acceptors (Lipinski definition) is 4. The maximum Gasteiger partial charge on any atom is 0.300 e. The maximum absolute atomic E-state index is 15.1. The molecule has 3 heterocycles. The second kappa shape index (κ2) is 7.71. The summed E-state index contributed by atoms with van der Waals surface area (Å²) in [6.45, 7) is 9.22. The van der Waals surface area contributed by atoms with Gasteiger partial charge in [0.2, 0.25) is 5.91 Å². The summed E-state index contributed by atoms with van der Waals surface area (Å²) in [6, 6.07) is 9.49. The molecule has 5 nitrogen and oxygen atoms in total. The molecule has 0 radical (unpaired) electrons. The Labute approximate surface area is 176 Å². The van der Waals surface area contributed by atoms with Gasteiger partial charge in [0.25, 0.3) is 5.92 Å². The zero-order valence-corrected chi connectivity index (χ0v) is 17.7. The summed E-state index contributed by atoms with van der Waals surface area (Å²) in [7, 11) is 0. The molecule has 2 aliphatic rings. The lowest BCUT2D eigenvalue weighted by molar-refractivity contribution is -0.120. The van der Waals surface area contributed by atoms with Crippen LogP contribution in [0.3, 0.4) is 0 Å². The first-order valence-electron chi connectivity index (χ1n) is 10.4. The van der Waals surface area contributed by atoms with Crippen LogP contribution in [0.25, 0.3) is 0 Å². The van der Waals surface area contributed by atoms with Crippen molar-refractivity contribution in [1.29, 1.82) is 0 Å². The number of carbonyl (C=O) groups excluding carboxylic acids is 1. The number of anilines is 1. The average molecular weight is 415 g/mol. The molecule has 1 aromatic heterocycles. The van der Waals surface area contributed by atoms with Crippen LogP contribution >= 0.6 is 0 Å². The minimum Gasteiger partial charge on any atom is -0.312 e. The van der Waals surface area contributed by atoms with E-state index in [1.165, 1.54) is 24.4 Å². The number of nitrogens with one attached hydrogen (secondary N) is 1. The fraction of sp³-hybridized carbons (Fsp3) is 0.478. The van der Waals surface area contributed by atoms with Crippen LogP contribution in [0.15, 0.2) is 42.6 Å². The number of amides is 1. The molecule has 0 spiro atoms. The first kappa shape index (κ1) is 20.9. The lowest BCUT2D eigenvalue weighted by atomic mass is 9.90. The zero-order chi connectivity index (χ0) is 21.5. The Bertz CT molecular complexity index is 932. The van der Waals surface area contributed by atoms with Gasteiger partial charge in [-0.05, 0) is 13.0 Å². The minimum absolute atomic E-state index is 0.0714. The van der Waals surface area contributed by atoms with E-state index in [-0.39, 0.29) is 29.0 Å². The average Bonchev–Trinajstić information content (AvgIpc) is 2.99. The summed E-state index contributed by atoms with van der Waals surface area (Å²) in [5.74, 6) is -3.25. The molecule has 1 N–H and O–H groups in total. The topological polar surface area (TPSA) is 48.5 Å². The van der Waals surface area contributed by atoms with Crippen molar-refractivity contribution < 1.29 is 13.6 Å². The first-order chi connectivity index (χ1) is 14.2. The van der Waals surface area contributed by atoms with Crippen molar-refractivity contribution in [2.24, 2.45) is 0 Å². The Hall–Kier alpha value is -2.38. The molecule has 0 aliphatic carbocycles. The number of aromatic nitrogens is 1. The van der Waals surface area contributed by atoms with Gasteiger partial charge in [-0.15, -0.1) is 0 Å². The Morgan fingerprint density at radius 1 is 1.27 bits per heavy atom. The Kier molecular flexibility index (Phi) is 5.36. The molecule has 2 aromatic rings. The Morgan fingerprint density at radius 3 is 2.70 bits per heavy atom. The molecule has 1 fully saturated rings. The Morgan fingerprint density at radius 2 is 2.00 bits per heavy atom. The monoisotopic (exact) mass is 414 g/mol. The van der Waals surface area contributed by atoms with Crippen LogP contribution in [0, 0.1) is 0 Å². The van der Waals surface area contributed by atoms with Gasteiger partial charge in [-0.2, -0.15) is 8.78 Å². The van der Waals surface area contributed by atoms with Crippen LogP contribution in [0.5, 0.6) is 0 Å². The molecule has 1 aromatic carbocycles. The van der Waals surface area contributed by atoms with Gasteiger partial charge in [0.05, 0.1) is 17.9 Å². The van der Waals surface area contributed by atoms with Gasteiger partial charge in [-0.25, -0.2) is 0 Å². The van der Waals surface area contributed by atoms with E-state index in [2.05, 4.69) is 22.1 Å². The summed E-state index contributed by atoms with van der Waals surface area (Å²) in [5.41, 5.74) is 0.524. The predicted molar refractivity (Wildman–Crippen MR) is 113 cm³/mol. The van der Waals surface area contributed by atoms with E-state index in [4.69, 9.17) is 0 Å². The minimum atomic E-state index is -3.18. The lowest BCUT2D eigenvalue weighted by Gasteiger charge is -2.32. The summed E-state index contributed by atoms with van der Waals surface area (Å²) >= 11 is 0. The molecule has 7 heteroatoms. The van der Waals surface area contributed by atoms with Crippen molar-refractivity contribution in [2.75, 3.05) is 37.6 Å². The van der Waals surface area contributed by atoms with Gasteiger partial charge in [-0.3, -0.25) is 14.7 Å². The van der Waals surface area contributed by atoms with Gasteiger partial charge in [0.15, 0.2) is 0 Å². The summed E-state index contributed by atoms with van der Waals surface area (Å²) in [6.07, 6.45) is 1.25. The second-order valence-electron chi connectivity index (χ2n) is 8.99. The molecular formula is C23H28F2N4O. The van der Waals surface area contributed by atoms with Crippen molar-refractivity contribution in [3.8, 4) is 0 Å². The van der Waals surface area contributed by atoms with Crippen LogP contribution in [0.1, 0.15) is 37.6 Å². The number of rotatable bonds is 4. The van der Waals surface area contributed by atoms with Crippen LogP contribution in [-0.4, -0.2) is 54.6 Å². The number of alkyl halides is 2. The molecule has 0 bridgehead atoms. The highest BCUT2D eigenvalue weighted by molar-refractivity contribution is 5.97. The third-order valence-electron chi connectivity index (χ3n) is 5.96. The SMILES string of the molecule is C[C@@H]1CN(CC(=O)N2CC(C)(C)c3ncc(C(F)(F)c4ccccc4)cc32)CCN1.